The minimum absolute atomic E-state index is 0.761. The minimum Gasteiger partial charge on any atom is -0.340 e. The van der Waals surface area contributed by atoms with E-state index in [2.05, 4.69) is 38.5 Å². The average Bonchev–Trinajstić information content (AvgIpc) is 2.38. The van der Waals surface area contributed by atoms with Crippen molar-refractivity contribution in [3.05, 3.63) is 0 Å². The maximum atomic E-state index is 9.25. The predicted octanol–water partition coefficient (Wildman–Crippen LogP) is -0.951. The van der Waals surface area contributed by atoms with Crippen molar-refractivity contribution in [2.75, 3.05) is 66.5 Å². The van der Waals surface area contributed by atoms with Crippen LogP contribution in [0.25, 0.3) is 0 Å². The van der Waals surface area contributed by atoms with Gasteiger partial charge in [-0.3, -0.25) is 0 Å². The monoisotopic (exact) mass is 289 g/mol. The van der Waals surface area contributed by atoms with E-state index in [1.807, 2.05) is 0 Å². The molecule has 7 nitrogen and oxygen atoms in total. The lowest BCUT2D eigenvalue weighted by molar-refractivity contribution is 0.168. The molecule has 0 radical (unpaired) electrons. The topological polar surface area (TPSA) is 65.8 Å². The fraction of sp³-hybridized carbons (Fsp3) is 0.909. The van der Waals surface area contributed by atoms with Crippen LogP contribution >= 0.6 is 8.53 Å². The molecule has 19 heavy (non-hydrogen) atoms. The average molecular weight is 289 g/mol. The lowest BCUT2D eigenvalue weighted by Crippen LogP contribution is -2.56. The van der Waals surface area contributed by atoms with Gasteiger partial charge in [0.1, 0.15) is 0 Å². The summed E-state index contributed by atoms with van der Waals surface area (Å²) < 4.78 is 4.08. The Morgan fingerprint density at radius 3 is 1.47 bits per heavy atom. The Balaban J connectivity index is 2.03. The van der Waals surface area contributed by atoms with Crippen LogP contribution < -0.4 is 0 Å². The van der Waals surface area contributed by atoms with Crippen molar-refractivity contribution in [2.24, 2.45) is 4.76 Å². The van der Waals surface area contributed by atoms with Crippen molar-refractivity contribution in [1.82, 2.24) is 19.6 Å². The van der Waals surface area contributed by atoms with E-state index in [4.69, 9.17) is 0 Å². The number of hydrogen-bond donors (Lipinski definition) is 2. The lowest BCUT2D eigenvalue weighted by atomic mass is 10.3. The first-order valence-electron chi connectivity index (χ1n) is 6.70. The van der Waals surface area contributed by atoms with Gasteiger partial charge in [0.05, 0.1) is 0 Å². The van der Waals surface area contributed by atoms with Crippen LogP contribution in [0.1, 0.15) is 0 Å². The standard InChI is InChI=1S/C11H24N5O2P/c1-13-3-7-15(8-4-13)11(12-19(17)18)16-9-5-14(2)6-10-16/h17-18H,3-10H2,1-2H3. The molecule has 0 aromatic carbocycles. The Labute approximate surface area is 116 Å². The summed E-state index contributed by atoms with van der Waals surface area (Å²) in [7, 11) is 1.98. The van der Waals surface area contributed by atoms with E-state index in [-0.39, 0.29) is 0 Å². The van der Waals surface area contributed by atoms with Crippen LogP contribution in [-0.4, -0.2) is 102 Å². The van der Waals surface area contributed by atoms with E-state index in [1.54, 1.807) is 0 Å². The second-order valence-corrected chi connectivity index (χ2v) is 5.99. The highest BCUT2D eigenvalue weighted by molar-refractivity contribution is 7.43. The predicted molar refractivity (Wildman–Crippen MR) is 76.9 cm³/mol. The molecule has 2 aliphatic heterocycles. The fourth-order valence-electron chi connectivity index (χ4n) is 2.42. The molecule has 2 rings (SSSR count). The number of guanidine groups is 1. The van der Waals surface area contributed by atoms with Crippen molar-refractivity contribution in [2.45, 2.75) is 0 Å². The zero-order chi connectivity index (χ0) is 13.8. The van der Waals surface area contributed by atoms with Crippen molar-refractivity contribution in [3.63, 3.8) is 0 Å². The van der Waals surface area contributed by atoms with Gasteiger partial charge >= 0.3 is 8.53 Å². The summed E-state index contributed by atoms with van der Waals surface area (Å²) in [5, 5.41) is 0. The van der Waals surface area contributed by atoms with E-state index < -0.39 is 8.53 Å². The Kier molecular flexibility index (Phi) is 5.36. The van der Waals surface area contributed by atoms with Gasteiger partial charge in [0.2, 0.25) is 5.96 Å². The molecule has 2 aliphatic rings. The largest absolute Gasteiger partial charge is 0.340 e. The number of hydrogen-bond acceptors (Lipinski definition) is 5. The van der Waals surface area contributed by atoms with Gasteiger partial charge in [-0.1, -0.05) is 0 Å². The highest BCUT2D eigenvalue weighted by Crippen LogP contribution is 2.26. The lowest BCUT2D eigenvalue weighted by Gasteiger charge is -2.41. The molecule has 0 aromatic rings. The number of nitrogens with zero attached hydrogens (tertiary/aromatic N) is 5. The van der Waals surface area contributed by atoms with Gasteiger partial charge in [-0.25, -0.2) is 0 Å². The molecule has 8 heteroatoms. The van der Waals surface area contributed by atoms with Gasteiger partial charge in [0.25, 0.3) is 0 Å². The van der Waals surface area contributed by atoms with Crippen molar-refractivity contribution in [3.8, 4) is 0 Å². The molecule has 0 spiro atoms. The number of piperazine rings is 2. The van der Waals surface area contributed by atoms with Crippen molar-refractivity contribution < 1.29 is 9.79 Å². The van der Waals surface area contributed by atoms with Gasteiger partial charge in [0, 0.05) is 52.4 Å². The van der Waals surface area contributed by atoms with Gasteiger partial charge in [0.15, 0.2) is 0 Å². The first kappa shape index (κ1) is 14.9. The van der Waals surface area contributed by atoms with E-state index in [1.165, 1.54) is 0 Å². The summed E-state index contributed by atoms with van der Waals surface area (Å²) in [6, 6.07) is 0. The van der Waals surface area contributed by atoms with Gasteiger partial charge in [-0.15, -0.1) is 0 Å². The first-order valence-corrected chi connectivity index (χ1v) is 7.90. The summed E-state index contributed by atoms with van der Waals surface area (Å²) in [5.41, 5.74) is 0. The van der Waals surface area contributed by atoms with E-state index in [0.717, 1.165) is 58.3 Å². The molecule has 0 aliphatic carbocycles. The van der Waals surface area contributed by atoms with Gasteiger partial charge < -0.3 is 29.4 Å². The second kappa shape index (κ2) is 6.81. The molecular formula is C11H24N5O2P. The summed E-state index contributed by atoms with van der Waals surface area (Å²) in [5.74, 6) is 0.761. The molecule has 0 amide bonds. The Hall–Kier alpha value is -0.460. The Bertz CT molecular complexity index is 288. The van der Waals surface area contributed by atoms with Crippen LogP contribution in [0.4, 0.5) is 0 Å². The highest BCUT2D eigenvalue weighted by Gasteiger charge is 2.25. The Morgan fingerprint density at radius 1 is 0.789 bits per heavy atom. The summed E-state index contributed by atoms with van der Waals surface area (Å²) in [6.45, 7) is 7.53. The first-order chi connectivity index (χ1) is 9.06. The molecule has 2 N–H and O–H groups in total. The van der Waals surface area contributed by atoms with E-state index in [9.17, 15) is 9.79 Å². The maximum absolute atomic E-state index is 9.25. The smallest absolute Gasteiger partial charge is 0.307 e. The molecule has 0 atom stereocenters. The van der Waals surface area contributed by atoms with Gasteiger partial charge in [-0.2, -0.15) is 4.76 Å². The zero-order valence-electron chi connectivity index (χ0n) is 11.7. The molecule has 110 valence electrons. The molecule has 2 heterocycles. The van der Waals surface area contributed by atoms with Crippen LogP contribution in [0, 0.1) is 0 Å². The highest BCUT2D eigenvalue weighted by atomic mass is 31.2. The summed E-state index contributed by atoms with van der Waals surface area (Å²) in [4.78, 5) is 27.4. The number of rotatable bonds is 1. The summed E-state index contributed by atoms with van der Waals surface area (Å²) >= 11 is 0. The third-order valence-electron chi connectivity index (χ3n) is 3.75. The van der Waals surface area contributed by atoms with E-state index in [0.29, 0.717) is 0 Å². The molecule has 2 saturated heterocycles. The molecule has 0 saturated carbocycles. The molecule has 0 unspecified atom stereocenters. The van der Waals surface area contributed by atoms with Crippen LogP contribution in [0.3, 0.4) is 0 Å². The van der Waals surface area contributed by atoms with Crippen LogP contribution in [0.2, 0.25) is 0 Å². The van der Waals surface area contributed by atoms with Crippen LogP contribution in [0.15, 0.2) is 4.76 Å². The number of likely N-dealkylation sites (N-methyl/N-ethyl adjacent to an activating group) is 2. The quantitative estimate of drug-likeness (QED) is 0.369. The molecule has 0 aromatic heterocycles. The van der Waals surface area contributed by atoms with Crippen LogP contribution in [-0.2, 0) is 0 Å². The van der Waals surface area contributed by atoms with Crippen molar-refractivity contribution in [1.29, 1.82) is 0 Å². The Morgan fingerprint density at radius 2 is 1.16 bits per heavy atom. The van der Waals surface area contributed by atoms with Crippen molar-refractivity contribution >= 4 is 14.5 Å². The second-order valence-electron chi connectivity index (χ2n) is 5.25. The third kappa shape index (κ3) is 4.26. The normalized spacial score (nSPS) is 23.0. The molecule has 0 bridgehead atoms. The maximum Gasteiger partial charge on any atom is 0.307 e. The summed E-state index contributed by atoms with van der Waals surface area (Å²) in [6.07, 6.45) is 0. The minimum atomic E-state index is -2.23. The SMILES string of the molecule is CN1CCN(C(=NP(O)O)N2CCN(C)CC2)CC1. The fourth-order valence-corrected chi connectivity index (χ4v) is 2.83. The third-order valence-corrected chi connectivity index (χ3v) is 4.11. The molecule has 2 fully saturated rings. The zero-order valence-corrected chi connectivity index (χ0v) is 12.6. The van der Waals surface area contributed by atoms with E-state index >= 15 is 0 Å². The van der Waals surface area contributed by atoms with Crippen LogP contribution in [0.5, 0.6) is 0 Å². The molecular weight excluding hydrogens is 265 g/mol. The van der Waals surface area contributed by atoms with Gasteiger partial charge in [-0.05, 0) is 14.1 Å².